The van der Waals surface area contributed by atoms with E-state index in [1.807, 2.05) is 0 Å². The Morgan fingerprint density at radius 3 is 2.20 bits per heavy atom. The van der Waals surface area contributed by atoms with Gasteiger partial charge in [0.1, 0.15) is 5.69 Å². The van der Waals surface area contributed by atoms with Crippen LogP contribution in [-0.2, 0) is 0 Å². The third kappa shape index (κ3) is 2.14. The minimum Gasteiger partial charge on any atom is -0.249 e. The molecular formula is C15H9F2N3. The molecule has 98 valence electrons. The summed E-state index contributed by atoms with van der Waals surface area (Å²) in [4.78, 5) is 12.0. The Kier molecular flexibility index (Phi) is 3.16. The van der Waals surface area contributed by atoms with Gasteiger partial charge < -0.3 is 0 Å². The zero-order chi connectivity index (χ0) is 13.9. The highest BCUT2D eigenvalue weighted by Crippen LogP contribution is 2.31. The van der Waals surface area contributed by atoms with E-state index in [2.05, 4.69) is 15.0 Å². The average Bonchev–Trinajstić information content (AvgIpc) is 2.51. The maximum Gasteiger partial charge on any atom is 0.178 e. The highest BCUT2D eigenvalue weighted by molar-refractivity contribution is 5.78. The van der Waals surface area contributed by atoms with E-state index in [1.54, 1.807) is 36.4 Å². The van der Waals surface area contributed by atoms with E-state index in [4.69, 9.17) is 0 Å². The molecule has 0 fully saturated rings. The Balaban J connectivity index is 2.29. The number of hydrogen-bond acceptors (Lipinski definition) is 3. The smallest absolute Gasteiger partial charge is 0.178 e. The van der Waals surface area contributed by atoms with Crippen LogP contribution in [0.3, 0.4) is 0 Å². The molecule has 3 rings (SSSR count). The molecule has 3 nitrogen and oxygen atoms in total. The number of rotatable bonds is 2. The number of pyridine rings is 1. The summed E-state index contributed by atoms with van der Waals surface area (Å²) >= 11 is 0. The summed E-state index contributed by atoms with van der Waals surface area (Å²) in [5.41, 5.74) is 0.812. The quantitative estimate of drug-likeness (QED) is 0.715. The fraction of sp³-hybridized carbons (Fsp3) is 0. The first kappa shape index (κ1) is 12.3. The van der Waals surface area contributed by atoms with Crippen LogP contribution in [-0.4, -0.2) is 15.0 Å². The molecule has 0 amide bonds. The first-order valence-corrected chi connectivity index (χ1v) is 5.94. The van der Waals surface area contributed by atoms with Crippen molar-refractivity contribution in [2.45, 2.75) is 0 Å². The Bertz CT molecular complexity index is 731. The van der Waals surface area contributed by atoms with Gasteiger partial charge in [-0.1, -0.05) is 30.3 Å². The molecule has 0 N–H and O–H groups in total. The maximum absolute atomic E-state index is 14.2. The summed E-state index contributed by atoms with van der Waals surface area (Å²) in [5.74, 6) is -1.69. The van der Waals surface area contributed by atoms with Gasteiger partial charge in [0, 0.05) is 12.4 Å². The third-order valence-electron chi connectivity index (χ3n) is 2.81. The van der Waals surface area contributed by atoms with Crippen molar-refractivity contribution in [1.29, 1.82) is 0 Å². The van der Waals surface area contributed by atoms with Crippen LogP contribution in [0.5, 0.6) is 0 Å². The molecule has 0 bridgehead atoms. The summed E-state index contributed by atoms with van der Waals surface area (Å²) in [7, 11) is 0. The van der Waals surface area contributed by atoms with Crippen molar-refractivity contribution in [1.82, 2.24) is 15.0 Å². The molecule has 1 aromatic carbocycles. The zero-order valence-corrected chi connectivity index (χ0v) is 10.3. The lowest BCUT2D eigenvalue weighted by Crippen LogP contribution is -1.99. The van der Waals surface area contributed by atoms with Crippen LogP contribution in [0.1, 0.15) is 0 Å². The van der Waals surface area contributed by atoms with Crippen molar-refractivity contribution in [3.8, 4) is 22.6 Å². The number of benzene rings is 1. The van der Waals surface area contributed by atoms with Gasteiger partial charge in [-0.15, -0.1) is 0 Å². The SMILES string of the molecule is Fc1cnc(-c2ncccn2)c(-c2ccccc2)c1F. The van der Waals surface area contributed by atoms with Crippen LogP contribution in [0.25, 0.3) is 22.6 Å². The topological polar surface area (TPSA) is 38.7 Å². The van der Waals surface area contributed by atoms with Crippen LogP contribution in [0.4, 0.5) is 8.78 Å². The second-order valence-corrected chi connectivity index (χ2v) is 4.08. The Hall–Kier alpha value is -2.69. The second kappa shape index (κ2) is 5.13. The summed E-state index contributed by atoms with van der Waals surface area (Å²) in [6, 6.07) is 10.3. The van der Waals surface area contributed by atoms with E-state index in [9.17, 15) is 8.78 Å². The lowest BCUT2D eigenvalue weighted by Gasteiger charge is -2.09. The monoisotopic (exact) mass is 269 g/mol. The van der Waals surface area contributed by atoms with Crippen molar-refractivity contribution in [3.05, 3.63) is 66.6 Å². The molecule has 0 spiro atoms. The lowest BCUT2D eigenvalue weighted by molar-refractivity contribution is 0.507. The molecular weight excluding hydrogens is 260 g/mol. The van der Waals surface area contributed by atoms with E-state index in [-0.39, 0.29) is 17.1 Å². The fourth-order valence-electron chi connectivity index (χ4n) is 1.92. The Labute approximate surface area is 114 Å². The molecule has 0 radical (unpaired) electrons. The number of aromatic nitrogens is 3. The fourth-order valence-corrected chi connectivity index (χ4v) is 1.92. The van der Waals surface area contributed by atoms with Gasteiger partial charge in [-0.05, 0) is 11.6 Å². The molecule has 0 atom stereocenters. The van der Waals surface area contributed by atoms with Crippen LogP contribution < -0.4 is 0 Å². The predicted molar refractivity (Wildman–Crippen MR) is 70.6 cm³/mol. The second-order valence-electron chi connectivity index (χ2n) is 4.08. The highest BCUT2D eigenvalue weighted by Gasteiger charge is 2.19. The largest absolute Gasteiger partial charge is 0.249 e. The van der Waals surface area contributed by atoms with Gasteiger partial charge in [0.2, 0.25) is 0 Å². The molecule has 3 aromatic rings. The Morgan fingerprint density at radius 2 is 1.50 bits per heavy atom. The summed E-state index contributed by atoms with van der Waals surface area (Å²) in [6.07, 6.45) is 3.90. The van der Waals surface area contributed by atoms with Crippen LogP contribution in [0, 0.1) is 11.6 Å². The lowest BCUT2D eigenvalue weighted by atomic mass is 10.0. The molecule has 0 aliphatic carbocycles. The molecule has 0 saturated heterocycles. The number of halogens is 2. The highest BCUT2D eigenvalue weighted by atomic mass is 19.2. The van der Waals surface area contributed by atoms with E-state index < -0.39 is 11.6 Å². The first-order chi connectivity index (χ1) is 9.77. The normalized spacial score (nSPS) is 10.5. The average molecular weight is 269 g/mol. The molecule has 5 heteroatoms. The van der Waals surface area contributed by atoms with Gasteiger partial charge in [-0.3, -0.25) is 0 Å². The summed E-state index contributed by atoms with van der Waals surface area (Å²) < 4.78 is 27.6. The van der Waals surface area contributed by atoms with Crippen molar-refractivity contribution < 1.29 is 8.78 Å². The third-order valence-corrected chi connectivity index (χ3v) is 2.81. The van der Waals surface area contributed by atoms with Gasteiger partial charge in [-0.2, -0.15) is 0 Å². The van der Waals surface area contributed by atoms with E-state index in [0.717, 1.165) is 6.20 Å². The Morgan fingerprint density at radius 1 is 0.800 bits per heavy atom. The van der Waals surface area contributed by atoms with Crippen LogP contribution in [0.15, 0.2) is 55.0 Å². The summed E-state index contributed by atoms with van der Waals surface area (Å²) in [6.45, 7) is 0. The molecule has 0 unspecified atom stereocenters. The predicted octanol–water partition coefficient (Wildman–Crippen LogP) is 3.48. The zero-order valence-electron chi connectivity index (χ0n) is 10.3. The van der Waals surface area contributed by atoms with Crippen molar-refractivity contribution >= 4 is 0 Å². The van der Waals surface area contributed by atoms with Gasteiger partial charge >= 0.3 is 0 Å². The van der Waals surface area contributed by atoms with Crippen molar-refractivity contribution in [2.24, 2.45) is 0 Å². The van der Waals surface area contributed by atoms with E-state index >= 15 is 0 Å². The molecule has 0 aliphatic rings. The van der Waals surface area contributed by atoms with Gasteiger partial charge in [-0.25, -0.2) is 23.7 Å². The minimum atomic E-state index is -0.997. The standard InChI is InChI=1S/C15H9F2N3/c16-11-9-20-14(15-18-7-4-8-19-15)12(13(11)17)10-5-2-1-3-6-10/h1-9H. The summed E-state index contributed by atoms with van der Waals surface area (Å²) in [5, 5.41) is 0. The number of nitrogens with zero attached hydrogens (tertiary/aromatic N) is 3. The maximum atomic E-state index is 14.2. The van der Waals surface area contributed by atoms with Gasteiger partial charge in [0.25, 0.3) is 0 Å². The van der Waals surface area contributed by atoms with E-state index in [1.165, 1.54) is 12.4 Å². The van der Waals surface area contributed by atoms with E-state index in [0.29, 0.717) is 5.56 Å². The first-order valence-electron chi connectivity index (χ1n) is 5.94. The molecule has 20 heavy (non-hydrogen) atoms. The van der Waals surface area contributed by atoms with Crippen LogP contribution in [0.2, 0.25) is 0 Å². The molecule has 0 aliphatic heterocycles. The minimum absolute atomic E-state index is 0.0665. The molecule has 0 saturated carbocycles. The van der Waals surface area contributed by atoms with Crippen LogP contribution >= 0.6 is 0 Å². The van der Waals surface area contributed by atoms with Crippen molar-refractivity contribution in [2.75, 3.05) is 0 Å². The number of hydrogen-bond donors (Lipinski definition) is 0. The van der Waals surface area contributed by atoms with Crippen molar-refractivity contribution in [3.63, 3.8) is 0 Å². The molecule has 2 aromatic heterocycles. The van der Waals surface area contributed by atoms with Gasteiger partial charge in [0.15, 0.2) is 17.5 Å². The molecule has 2 heterocycles. The van der Waals surface area contributed by atoms with Gasteiger partial charge in [0.05, 0.1) is 11.8 Å².